The van der Waals surface area contributed by atoms with Crippen LogP contribution >= 0.6 is 11.8 Å². The fraction of sp³-hybridized carbons (Fsp3) is 0.0769. The van der Waals surface area contributed by atoms with E-state index in [1.807, 2.05) is 30.3 Å². The fourth-order valence-corrected chi connectivity index (χ4v) is 2.86. The maximum Gasteiger partial charge on any atom is 0.216 e. The second kappa shape index (κ2) is 4.83. The van der Waals surface area contributed by atoms with Gasteiger partial charge in [-0.05, 0) is 24.2 Å². The molecule has 2 N–H and O–H groups in total. The molecule has 1 aliphatic heterocycles. The van der Waals surface area contributed by atoms with E-state index in [4.69, 9.17) is 5.73 Å². The molecule has 0 fully saturated rings. The van der Waals surface area contributed by atoms with Gasteiger partial charge in [0.1, 0.15) is 11.6 Å². The van der Waals surface area contributed by atoms with Crippen LogP contribution in [-0.2, 0) is 0 Å². The Bertz CT molecular complexity index is 766. The Morgan fingerprint density at radius 1 is 1.25 bits per heavy atom. The van der Waals surface area contributed by atoms with E-state index >= 15 is 0 Å². The maximum atomic E-state index is 9.38. The van der Waals surface area contributed by atoms with Gasteiger partial charge in [0.2, 0.25) is 5.16 Å². The average Bonchev–Trinajstić information content (AvgIpc) is 2.73. The van der Waals surface area contributed by atoms with Crippen molar-refractivity contribution >= 4 is 22.5 Å². The first-order valence-corrected chi connectivity index (χ1v) is 6.67. The van der Waals surface area contributed by atoms with Gasteiger partial charge in [-0.3, -0.25) is 0 Å². The van der Waals surface area contributed by atoms with E-state index in [9.17, 15) is 5.26 Å². The van der Waals surface area contributed by atoms with Crippen molar-refractivity contribution in [3.05, 3.63) is 47.3 Å². The summed E-state index contributed by atoms with van der Waals surface area (Å²) in [4.78, 5) is 0.737. The molecule has 0 aliphatic carbocycles. The number of rotatable bonds is 1. The Morgan fingerprint density at radius 3 is 2.70 bits per heavy atom. The van der Waals surface area contributed by atoms with Crippen molar-refractivity contribution in [1.29, 1.82) is 5.26 Å². The summed E-state index contributed by atoms with van der Waals surface area (Å²) < 4.78 is 1.55. The van der Waals surface area contributed by atoms with Crippen LogP contribution in [0, 0.1) is 18.3 Å². The number of amidine groups is 1. The standard InChI is InChI=1S/C13H10N6S/c1-8-16-17-13-19(8)18-12(15)10(7-14)11(20-13)9-5-3-2-4-6-9/h2-6H,1H3,(H2,15,18). The van der Waals surface area contributed by atoms with Crippen LogP contribution in [0.2, 0.25) is 0 Å². The number of nitrogens with zero attached hydrogens (tertiary/aromatic N) is 5. The number of nitriles is 1. The molecular formula is C13H10N6S. The van der Waals surface area contributed by atoms with Crippen LogP contribution in [0.4, 0.5) is 0 Å². The predicted octanol–water partition coefficient (Wildman–Crippen LogP) is 1.75. The molecule has 0 unspecified atom stereocenters. The van der Waals surface area contributed by atoms with Gasteiger partial charge >= 0.3 is 0 Å². The SMILES string of the molecule is Cc1nnc2n1N=C(N)C(C#N)=C(c1ccccc1)S2. The number of hydrogen-bond acceptors (Lipinski definition) is 6. The van der Waals surface area contributed by atoms with Crippen molar-refractivity contribution in [2.24, 2.45) is 10.8 Å². The molecule has 6 nitrogen and oxygen atoms in total. The summed E-state index contributed by atoms with van der Waals surface area (Å²) in [7, 11) is 0. The van der Waals surface area contributed by atoms with Crippen LogP contribution in [0.25, 0.3) is 4.91 Å². The predicted molar refractivity (Wildman–Crippen MR) is 76.6 cm³/mol. The molecule has 1 aromatic heterocycles. The molecule has 7 heteroatoms. The van der Waals surface area contributed by atoms with Crippen LogP contribution in [0.15, 0.2) is 46.2 Å². The third-order valence-corrected chi connectivity index (χ3v) is 3.88. The largest absolute Gasteiger partial charge is 0.381 e. The Kier molecular flexibility index (Phi) is 3.00. The van der Waals surface area contributed by atoms with Crippen LogP contribution < -0.4 is 5.73 Å². The molecule has 1 aromatic carbocycles. The van der Waals surface area contributed by atoms with Gasteiger partial charge in [-0.25, -0.2) is 0 Å². The van der Waals surface area contributed by atoms with Crippen molar-refractivity contribution < 1.29 is 0 Å². The van der Waals surface area contributed by atoms with E-state index in [-0.39, 0.29) is 5.84 Å². The molecule has 98 valence electrons. The van der Waals surface area contributed by atoms with Crippen molar-refractivity contribution in [3.63, 3.8) is 0 Å². The van der Waals surface area contributed by atoms with E-state index < -0.39 is 0 Å². The number of fused-ring (bicyclic) bond motifs is 1. The summed E-state index contributed by atoms with van der Waals surface area (Å²) in [5.41, 5.74) is 7.20. The van der Waals surface area contributed by atoms with Crippen LogP contribution in [0.3, 0.4) is 0 Å². The molecule has 2 aromatic rings. The molecule has 0 radical (unpaired) electrons. The second-order valence-electron chi connectivity index (χ2n) is 4.11. The highest BCUT2D eigenvalue weighted by Gasteiger charge is 2.22. The molecule has 0 amide bonds. The third-order valence-electron chi connectivity index (χ3n) is 2.80. The Morgan fingerprint density at radius 2 is 2.00 bits per heavy atom. The van der Waals surface area contributed by atoms with Gasteiger partial charge in [0.05, 0.1) is 0 Å². The van der Waals surface area contributed by atoms with Gasteiger partial charge in [0.15, 0.2) is 11.7 Å². The minimum Gasteiger partial charge on any atom is -0.381 e. The molecule has 1 aliphatic rings. The van der Waals surface area contributed by atoms with Gasteiger partial charge in [-0.15, -0.1) is 15.3 Å². The number of aromatic nitrogens is 3. The van der Waals surface area contributed by atoms with Gasteiger partial charge in [0.25, 0.3) is 0 Å². The topological polar surface area (TPSA) is 92.9 Å². The van der Waals surface area contributed by atoms with Gasteiger partial charge in [-0.2, -0.15) is 9.94 Å². The molecular weight excluding hydrogens is 272 g/mol. The number of nitrogens with two attached hydrogens (primary N) is 1. The van der Waals surface area contributed by atoms with Crippen molar-refractivity contribution in [2.75, 3.05) is 0 Å². The minimum atomic E-state index is 0.167. The van der Waals surface area contributed by atoms with E-state index in [1.54, 1.807) is 11.6 Å². The summed E-state index contributed by atoms with van der Waals surface area (Å²) in [5, 5.41) is 22.2. The molecule has 0 saturated carbocycles. The van der Waals surface area contributed by atoms with E-state index in [0.29, 0.717) is 16.6 Å². The molecule has 2 heterocycles. The third kappa shape index (κ3) is 1.96. The molecule has 0 saturated heterocycles. The maximum absolute atomic E-state index is 9.38. The van der Waals surface area contributed by atoms with E-state index in [0.717, 1.165) is 10.5 Å². The molecule has 0 bridgehead atoms. The Labute approximate surface area is 119 Å². The zero-order valence-electron chi connectivity index (χ0n) is 10.6. The average molecular weight is 282 g/mol. The molecule has 0 spiro atoms. The van der Waals surface area contributed by atoms with Crippen LogP contribution in [0.1, 0.15) is 11.4 Å². The summed E-state index contributed by atoms with van der Waals surface area (Å²) >= 11 is 1.34. The smallest absolute Gasteiger partial charge is 0.216 e. The summed E-state index contributed by atoms with van der Waals surface area (Å²) in [6, 6.07) is 11.7. The Hall–Kier alpha value is -2.59. The normalized spacial score (nSPS) is 14.3. The number of hydrogen-bond donors (Lipinski definition) is 1. The molecule has 20 heavy (non-hydrogen) atoms. The minimum absolute atomic E-state index is 0.167. The van der Waals surface area contributed by atoms with Crippen LogP contribution in [0.5, 0.6) is 0 Å². The number of benzene rings is 1. The Balaban J connectivity index is 2.22. The van der Waals surface area contributed by atoms with Gasteiger partial charge < -0.3 is 5.73 Å². The summed E-state index contributed by atoms with van der Waals surface area (Å²) in [5.74, 6) is 0.794. The first-order chi connectivity index (χ1) is 9.70. The fourth-order valence-electron chi connectivity index (χ4n) is 1.83. The zero-order valence-corrected chi connectivity index (χ0v) is 11.4. The lowest BCUT2D eigenvalue weighted by Crippen LogP contribution is -2.16. The lowest BCUT2D eigenvalue weighted by molar-refractivity contribution is 0.742. The highest BCUT2D eigenvalue weighted by Crippen LogP contribution is 2.37. The quantitative estimate of drug-likeness (QED) is 0.860. The summed E-state index contributed by atoms with van der Waals surface area (Å²) in [6.45, 7) is 1.79. The van der Waals surface area contributed by atoms with Gasteiger partial charge in [0, 0.05) is 4.91 Å². The monoisotopic (exact) mass is 282 g/mol. The number of aryl methyl sites for hydroxylation is 1. The second-order valence-corrected chi connectivity index (χ2v) is 5.09. The van der Waals surface area contributed by atoms with Crippen molar-refractivity contribution in [2.45, 2.75) is 12.1 Å². The van der Waals surface area contributed by atoms with E-state index in [1.165, 1.54) is 11.8 Å². The van der Waals surface area contributed by atoms with E-state index in [2.05, 4.69) is 21.4 Å². The molecule has 0 atom stereocenters. The van der Waals surface area contributed by atoms with Gasteiger partial charge in [-0.1, -0.05) is 30.3 Å². The van der Waals surface area contributed by atoms with Crippen molar-refractivity contribution in [3.8, 4) is 6.07 Å². The zero-order chi connectivity index (χ0) is 14.1. The highest BCUT2D eigenvalue weighted by atomic mass is 32.2. The first kappa shape index (κ1) is 12.4. The highest BCUT2D eigenvalue weighted by molar-refractivity contribution is 8.08. The summed E-state index contributed by atoms with van der Waals surface area (Å²) in [6.07, 6.45) is 0. The lowest BCUT2D eigenvalue weighted by Gasteiger charge is -2.05. The van der Waals surface area contributed by atoms with Crippen LogP contribution in [-0.4, -0.2) is 20.7 Å². The lowest BCUT2D eigenvalue weighted by atomic mass is 10.1. The first-order valence-electron chi connectivity index (χ1n) is 5.85. The van der Waals surface area contributed by atoms with Crippen molar-refractivity contribution in [1.82, 2.24) is 14.9 Å². The molecule has 3 rings (SSSR count). The number of thioether (sulfide) groups is 1.